The summed E-state index contributed by atoms with van der Waals surface area (Å²) in [6.07, 6.45) is 0.765. The number of carbonyl (C=O) groups is 2. The second-order valence-corrected chi connectivity index (χ2v) is 5.27. The zero-order valence-electron chi connectivity index (χ0n) is 12.6. The van der Waals surface area contributed by atoms with E-state index in [0.29, 0.717) is 6.42 Å². The van der Waals surface area contributed by atoms with Crippen LogP contribution < -0.4 is 5.32 Å². The van der Waals surface area contributed by atoms with E-state index >= 15 is 0 Å². The van der Waals surface area contributed by atoms with E-state index in [1.54, 1.807) is 20.8 Å². The minimum atomic E-state index is -0.877. The monoisotopic (exact) mass is 261 g/mol. The molecule has 0 amide bonds. The van der Waals surface area contributed by atoms with E-state index < -0.39 is 16.8 Å². The number of aliphatic carboxylic acids is 1. The molecule has 18 heavy (non-hydrogen) atoms. The SMILES string of the molecule is CCC(C)(CC(C)(C)C(=O)OC)C(=O)O.CNC. The van der Waals surface area contributed by atoms with Crippen LogP contribution in [0.25, 0.3) is 0 Å². The average molecular weight is 261 g/mol. The van der Waals surface area contributed by atoms with Gasteiger partial charge in [-0.15, -0.1) is 0 Å². The van der Waals surface area contributed by atoms with Gasteiger partial charge in [0, 0.05) is 0 Å². The molecule has 0 radical (unpaired) electrons. The molecular weight excluding hydrogens is 234 g/mol. The van der Waals surface area contributed by atoms with Gasteiger partial charge in [-0.05, 0) is 47.7 Å². The summed E-state index contributed by atoms with van der Waals surface area (Å²) < 4.78 is 4.65. The predicted molar refractivity (Wildman–Crippen MR) is 71.4 cm³/mol. The molecule has 5 nitrogen and oxygen atoms in total. The summed E-state index contributed by atoms with van der Waals surface area (Å²) in [5, 5.41) is 11.8. The molecule has 0 rings (SSSR count). The van der Waals surface area contributed by atoms with Gasteiger partial charge in [0.1, 0.15) is 0 Å². The Hall–Kier alpha value is -1.10. The number of nitrogens with one attached hydrogen (secondary N) is 1. The Balaban J connectivity index is 0. The number of carbonyl (C=O) groups excluding carboxylic acids is 1. The van der Waals surface area contributed by atoms with Crippen LogP contribution in [-0.2, 0) is 14.3 Å². The Morgan fingerprint density at radius 1 is 1.22 bits per heavy atom. The van der Waals surface area contributed by atoms with E-state index in [1.165, 1.54) is 7.11 Å². The third kappa shape index (κ3) is 6.00. The van der Waals surface area contributed by atoms with Crippen molar-refractivity contribution in [3.05, 3.63) is 0 Å². The molecule has 108 valence electrons. The molecule has 5 heteroatoms. The van der Waals surface area contributed by atoms with Crippen LogP contribution in [0, 0.1) is 10.8 Å². The maximum absolute atomic E-state index is 11.4. The second kappa shape index (κ2) is 8.08. The summed E-state index contributed by atoms with van der Waals surface area (Å²) in [5.41, 5.74) is -1.64. The van der Waals surface area contributed by atoms with Crippen LogP contribution in [0.3, 0.4) is 0 Å². The number of carboxylic acids is 1. The zero-order valence-corrected chi connectivity index (χ0v) is 12.6. The van der Waals surface area contributed by atoms with Crippen LogP contribution in [0.2, 0.25) is 0 Å². The summed E-state index contributed by atoms with van der Waals surface area (Å²) in [6, 6.07) is 0. The molecule has 1 atom stereocenters. The summed E-state index contributed by atoms with van der Waals surface area (Å²) in [6.45, 7) is 6.87. The average Bonchev–Trinajstić information content (AvgIpc) is 2.27. The molecule has 0 heterocycles. The molecule has 0 aromatic carbocycles. The van der Waals surface area contributed by atoms with Gasteiger partial charge in [-0.2, -0.15) is 0 Å². The maximum Gasteiger partial charge on any atom is 0.311 e. The first-order chi connectivity index (χ1) is 8.11. The van der Waals surface area contributed by atoms with Gasteiger partial charge < -0.3 is 15.2 Å². The number of rotatable bonds is 5. The topological polar surface area (TPSA) is 75.6 Å². The first kappa shape index (κ1) is 19.2. The van der Waals surface area contributed by atoms with Crippen molar-refractivity contribution in [2.75, 3.05) is 21.2 Å². The van der Waals surface area contributed by atoms with Crippen molar-refractivity contribution in [1.29, 1.82) is 0 Å². The highest BCUT2D eigenvalue weighted by Crippen LogP contribution is 2.37. The van der Waals surface area contributed by atoms with Crippen molar-refractivity contribution in [3.8, 4) is 0 Å². The van der Waals surface area contributed by atoms with Gasteiger partial charge in [0.05, 0.1) is 17.9 Å². The van der Waals surface area contributed by atoms with E-state index in [-0.39, 0.29) is 12.4 Å². The van der Waals surface area contributed by atoms with E-state index in [9.17, 15) is 9.59 Å². The van der Waals surface area contributed by atoms with Crippen molar-refractivity contribution >= 4 is 11.9 Å². The first-order valence-electron chi connectivity index (χ1n) is 6.01. The fourth-order valence-corrected chi connectivity index (χ4v) is 1.68. The lowest BCUT2D eigenvalue weighted by Crippen LogP contribution is -2.37. The van der Waals surface area contributed by atoms with E-state index in [0.717, 1.165) is 0 Å². The minimum absolute atomic E-state index is 0.276. The van der Waals surface area contributed by atoms with E-state index in [1.807, 2.05) is 21.0 Å². The van der Waals surface area contributed by atoms with Gasteiger partial charge in [0.25, 0.3) is 0 Å². The van der Waals surface area contributed by atoms with Crippen molar-refractivity contribution < 1.29 is 19.4 Å². The molecular formula is C13H27NO4. The Morgan fingerprint density at radius 3 is 1.83 bits per heavy atom. The molecule has 0 saturated carbocycles. The zero-order chi connectivity index (χ0) is 15.0. The maximum atomic E-state index is 11.4. The summed E-state index contributed by atoms with van der Waals surface area (Å²) in [4.78, 5) is 22.5. The van der Waals surface area contributed by atoms with Gasteiger partial charge in [-0.25, -0.2) is 0 Å². The quantitative estimate of drug-likeness (QED) is 0.739. The molecule has 0 saturated heterocycles. The van der Waals surface area contributed by atoms with Crippen LogP contribution in [0.5, 0.6) is 0 Å². The first-order valence-corrected chi connectivity index (χ1v) is 6.01. The lowest BCUT2D eigenvalue weighted by Gasteiger charge is -2.31. The van der Waals surface area contributed by atoms with Gasteiger partial charge in [0.15, 0.2) is 0 Å². The van der Waals surface area contributed by atoms with E-state index in [4.69, 9.17) is 5.11 Å². The van der Waals surface area contributed by atoms with Crippen LogP contribution in [0.1, 0.15) is 40.5 Å². The highest BCUT2D eigenvalue weighted by molar-refractivity contribution is 5.79. The molecule has 0 aliphatic rings. The van der Waals surface area contributed by atoms with Crippen LogP contribution in [-0.4, -0.2) is 38.3 Å². The molecule has 0 aromatic rings. The van der Waals surface area contributed by atoms with Crippen molar-refractivity contribution in [3.63, 3.8) is 0 Å². The van der Waals surface area contributed by atoms with Crippen molar-refractivity contribution in [2.24, 2.45) is 10.8 Å². The standard InChI is InChI=1S/C11H20O4.C2H7N/c1-6-11(4,8(12)13)7-10(2,3)9(14)15-5;1-3-2/h6-7H2,1-5H3,(H,12,13);3H,1-2H3. The lowest BCUT2D eigenvalue weighted by atomic mass is 9.72. The Labute approximate surface area is 110 Å². The molecule has 0 fully saturated rings. The molecule has 1 unspecified atom stereocenters. The van der Waals surface area contributed by atoms with Gasteiger partial charge in [0.2, 0.25) is 0 Å². The number of esters is 1. The largest absolute Gasteiger partial charge is 0.481 e. The van der Waals surface area contributed by atoms with Crippen molar-refractivity contribution in [2.45, 2.75) is 40.5 Å². The molecule has 2 N–H and O–H groups in total. The van der Waals surface area contributed by atoms with Gasteiger partial charge >= 0.3 is 11.9 Å². The molecule has 0 spiro atoms. The fraction of sp³-hybridized carbons (Fsp3) is 0.846. The number of methoxy groups -OCH3 is 1. The summed E-state index contributed by atoms with van der Waals surface area (Å²) in [5.74, 6) is -1.24. The van der Waals surface area contributed by atoms with Gasteiger partial charge in [-0.1, -0.05) is 6.92 Å². The lowest BCUT2D eigenvalue weighted by molar-refractivity contribution is -0.157. The summed E-state index contributed by atoms with van der Waals surface area (Å²) in [7, 11) is 5.06. The number of ether oxygens (including phenoxy) is 1. The highest BCUT2D eigenvalue weighted by Gasteiger charge is 2.41. The van der Waals surface area contributed by atoms with Crippen molar-refractivity contribution in [1.82, 2.24) is 5.32 Å². The molecule has 0 aliphatic heterocycles. The smallest absolute Gasteiger partial charge is 0.311 e. The molecule has 0 bridgehead atoms. The number of carboxylic acid groups (broad SMARTS) is 1. The minimum Gasteiger partial charge on any atom is -0.481 e. The Kier molecular flexibility index (Phi) is 8.64. The number of hydrogen-bond donors (Lipinski definition) is 2. The Bertz CT molecular complexity index is 276. The third-order valence-electron chi connectivity index (χ3n) is 2.87. The van der Waals surface area contributed by atoms with Crippen LogP contribution >= 0.6 is 0 Å². The van der Waals surface area contributed by atoms with Crippen LogP contribution in [0.4, 0.5) is 0 Å². The molecule has 0 aromatic heterocycles. The highest BCUT2D eigenvalue weighted by atomic mass is 16.5. The Morgan fingerprint density at radius 2 is 1.61 bits per heavy atom. The summed E-state index contributed by atoms with van der Waals surface area (Å²) >= 11 is 0. The normalized spacial score (nSPS) is 13.9. The third-order valence-corrected chi connectivity index (χ3v) is 2.87. The second-order valence-electron chi connectivity index (χ2n) is 5.27. The van der Waals surface area contributed by atoms with Gasteiger partial charge in [-0.3, -0.25) is 9.59 Å². The number of hydrogen-bond acceptors (Lipinski definition) is 4. The fourth-order valence-electron chi connectivity index (χ4n) is 1.68. The van der Waals surface area contributed by atoms with Crippen LogP contribution in [0.15, 0.2) is 0 Å². The molecule has 0 aliphatic carbocycles. The predicted octanol–water partition coefficient (Wildman–Crippen LogP) is 1.91. The van der Waals surface area contributed by atoms with E-state index in [2.05, 4.69) is 10.1 Å².